The average Bonchev–Trinajstić information content (AvgIpc) is 3.41. The van der Waals surface area contributed by atoms with Crippen molar-refractivity contribution in [2.75, 3.05) is 44.2 Å². The maximum absolute atomic E-state index is 12.7. The Morgan fingerprint density at radius 1 is 1.12 bits per heavy atom. The number of hydrogen-bond donors (Lipinski definition) is 5. The molecular weight excluding hydrogens is 406 g/mol. The lowest BCUT2D eigenvalue weighted by Crippen LogP contribution is -2.43. The van der Waals surface area contributed by atoms with Crippen molar-refractivity contribution in [3.05, 3.63) is 36.2 Å². The van der Waals surface area contributed by atoms with Gasteiger partial charge in [0.25, 0.3) is 5.91 Å². The number of aromatic amines is 1. The molecule has 2 aliphatic rings. The number of anilines is 1. The van der Waals surface area contributed by atoms with E-state index in [-0.39, 0.29) is 18.0 Å². The number of carbonyl (C=O) groups is 2. The Morgan fingerprint density at radius 2 is 1.97 bits per heavy atom. The van der Waals surface area contributed by atoms with E-state index in [4.69, 9.17) is 0 Å². The fourth-order valence-corrected chi connectivity index (χ4v) is 4.52. The lowest BCUT2D eigenvalue weighted by Gasteiger charge is -2.29. The van der Waals surface area contributed by atoms with Gasteiger partial charge in [-0.1, -0.05) is 0 Å². The lowest BCUT2D eigenvalue weighted by molar-refractivity contribution is 0.0948. The quantitative estimate of drug-likeness (QED) is 0.363. The van der Waals surface area contributed by atoms with E-state index in [9.17, 15) is 9.59 Å². The Kier molecular flexibility index (Phi) is 5.81. The molecule has 4 heterocycles. The molecule has 3 aromatic rings. The maximum atomic E-state index is 12.7. The fourth-order valence-electron chi connectivity index (χ4n) is 4.52. The van der Waals surface area contributed by atoms with Crippen LogP contribution in [-0.4, -0.2) is 67.2 Å². The highest BCUT2D eigenvalue weighted by atomic mass is 16.2. The first kappa shape index (κ1) is 20.6. The Labute approximate surface area is 186 Å². The summed E-state index contributed by atoms with van der Waals surface area (Å²) in [4.78, 5) is 34.0. The molecule has 1 aromatic carbocycles. The van der Waals surface area contributed by atoms with Gasteiger partial charge < -0.3 is 31.2 Å². The van der Waals surface area contributed by atoms with Crippen LogP contribution in [0.5, 0.6) is 0 Å². The van der Waals surface area contributed by atoms with Crippen molar-refractivity contribution in [2.45, 2.75) is 25.3 Å². The van der Waals surface area contributed by atoms with Crippen LogP contribution in [0.15, 0.2) is 30.5 Å². The standard InChI is InChI=1S/C23H29N7O2/c31-22(25-6-2-1-3-15-13-27-23(32)28-15)20-12-18-17-11-16(30-9-7-24-8-10-30)4-5-19(17)29-21(18)14-26-20/h4-5,11-12,14-15,24,29H,1-3,6-10,13H2,(H,25,31)(H2,27,28,32). The van der Waals surface area contributed by atoms with Gasteiger partial charge >= 0.3 is 6.03 Å². The summed E-state index contributed by atoms with van der Waals surface area (Å²) in [6, 6.07) is 8.44. The second kappa shape index (κ2) is 9.04. The lowest BCUT2D eigenvalue weighted by atomic mass is 10.1. The number of rotatable bonds is 7. The first-order valence-electron chi connectivity index (χ1n) is 11.4. The summed E-state index contributed by atoms with van der Waals surface area (Å²) in [5, 5.41) is 14.1. The van der Waals surface area contributed by atoms with Crippen LogP contribution in [0.25, 0.3) is 21.8 Å². The molecule has 2 fully saturated rings. The minimum atomic E-state index is -0.157. The number of aromatic nitrogens is 2. The minimum Gasteiger partial charge on any atom is -0.369 e. The molecule has 9 heteroatoms. The first-order chi connectivity index (χ1) is 15.7. The summed E-state index contributed by atoms with van der Waals surface area (Å²) >= 11 is 0. The largest absolute Gasteiger partial charge is 0.369 e. The number of carbonyl (C=O) groups excluding carboxylic acids is 2. The molecule has 2 aromatic heterocycles. The van der Waals surface area contributed by atoms with Gasteiger partial charge in [-0.3, -0.25) is 4.79 Å². The van der Waals surface area contributed by atoms with Crippen molar-refractivity contribution in [1.29, 1.82) is 0 Å². The van der Waals surface area contributed by atoms with Crippen molar-refractivity contribution >= 4 is 39.4 Å². The monoisotopic (exact) mass is 435 g/mol. The molecule has 9 nitrogen and oxygen atoms in total. The van der Waals surface area contributed by atoms with Crippen molar-refractivity contribution in [1.82, 2.24) is 31.2 Å². The molecule has 2 aliphatic heterocycles. The maximum Gasteiger partial charge on any atom is 0.315 e. The molecule has 0 saturated carbocycles. The summed E-state index contributed by atoms with van der Waals surface area (Å²) < 4.78 is 0. The number of benzene rings is 1. The zero-order valence-electron chi connectivity index (χ0n) is 18.0. The number of fused-ring (bicyclic) bond motifs is 3. The van der Waals surface area contributed by atoms with Crippen molar-refractivity contribution in [3.8, 4) is 0 Å². The molecular formula is C23H29N7O2. The molecule has 168 valence electrons. The van der Waals surface area contributed by atoms with Crippen LogP contribution in [0.2, 0.25) is 0 Å². The molecule has 0 bridgehead atoms. The number of hydrogen-bond acceptors (Lipinski definition) is 5. The zero-order chi connectivity index (χ0) is 21.9. The highest BCUT2D eigenvalue weighted by Gasteiger charge is 2.19. The van der Waals surface area contributed by atoms with Crippen LogP contribution >= 0.6 is 0 Å². The number of urea groups is 1. The van der Waals surface area contributed by atoms with Gasteiger partial charge in [0.05, 0.1) is 11.7 Å². The summed E-state index contributed by atoms with van der Waals surface area (Å²) in [6.45, 7) is 5.24. The number of pyridine rings is 1. The molecule has 0 aliphatic carbocycles. The summed E-state index contributed by atoms with van der Waals surface area (Å²) in [6.07, 6.45) is 4.45. The van der Waals surface area contributed by atoms with Gasteiger partial charge in [-0.2, -0.15) is 0 Å². The summed E-state index contributed by atoms with van der Waals surface area (Å²) in [5.41, 5.74) is 3.61. The highest BCUT2D eigenvalue weighted by molar-refractivity contribution is 6.10. The van der Waals surface area contributed by atoms with Gasteiger partial charge in [-0.05, 0) is 43.5 Å². The van der Waals surface area contributed by atoms with E-state index >= 15 is 0 Å². The van der Waals surface area contributed by atoms with Crippen LogP contribution in [0.1, 0.15) is 29.8 Å². The number of nitrogens with one attached hydrogen (secondary N) is 5. The Balaban J connectivity index is 1.24. The molecule has 1 atom stereocenters. The normalized spacial score (nSPS) is 18.7. The Morgan fingerprint density at radius 3 is 2.78 bits per heavy atom. The van der Waals surface area contributed by atoms with E-state index in [0.717, 1.165) is 67.2 Å². The number of piperazine rings is 1. The van der Waals surface area contributed by atoms with Crippen molar-refractivity contribution in [3.63, 3.8) is 0 Å². The molecule has 0 radical (unpaired) electrons. The first-order valence-corrected chi connectivity index (χ1v) is 11.4. The summed E-state index contributed by atoms with van der Waals surface area (Å²) in [7, 11) is 0. The number of amides is 3. The van der Waals surface area contributed by atoms with E-state index in [1.807, 2.05) is 6.07 Å². The van der Waals surface area contributed by atoms with E-state index in [1.54, 1.807) is 6.20 Å². The van der Waals surface area contributed by atoms with Gasteiger partial charge in [0.2, 0.25) is 0 Å². The molecule has 5 rings (SSSR count). The van der Waals surface area contributed by atoms with Crippen LogP contribution in [-0.2, 0) is 0 Å². The molecule has 32 heavy (non-hydrogen) atoms. The SMILES string of the molecule is O=C1NCC(CCCCNC(=O)c2cc3c(cn2)[nH]c2ccc(N4CCNCC4)cc23)N1. The second-order valence-corrected chi connectivity index (χ2v) is 8.51. The van der Waals surface area contributed by atoms with E-state index < -0.39 is 0 Å². The third kappa shape index (κ3) is 4.34. The van der Waals surface area contributed by atoms with E-state index in [1.165, 1.54) is 5.69 Å². The van der Waals surface area contributed by atoms with Gasteiger partial charge in [-0.15, -0.1) is 0 Å². The second-order valence-electron chi connectivity index (χ2n) is 8.51. The average molecular weight is 436 g/mol. The Bertz CT molecular complexity index is 1140. The molecule has 3 amide bonds. The number of nitrogens with zero attached hydrogens (tertiary/aromatic N) is 2. The van der Waals surface area contributed by atoms with Crippen LogP contribution < -0.4 is 26.2 Å². The third-order valence-corrected chi connectivity index (χ3v) is 6.29. The van der Waals surface area contributed by atoms with E-state index in [2.05, 4.69) is 54.3 Å². The number of unbranched alkanes of at least 4 members (excludes halogenated alkanes) is 1. The molecule has 0 spiro atoms. The predicted octanol–water partition coefficient (Wildman–Crippen LogP) is 1.71. The van der Waals surface area contributed by atoms with Crippen molar-refractivity contribution < 1.29 is 9.59 Å². The summed E-state index contributed by atoms with van der Waals surface area (Å²) in [5.74, 6) is -0.157. The van der Waals surface area contributed by atoms with Crippen LogP contribution in [0, 0.1) is 0 Å². The topological polar surface area (TPSA) is 114 Å². The van der Waals surface area contributed by atoms with Crippen molar-refractivity contribution in [2.24, 2.45) is 0 Å². The molecule has 1 unspecified atom stereocenters. The van der Waals surface area contributed by atoms with Gasteiger partial charge in [0, 0.05) is 67.3 Å². The molecule has 2 saturated heterocycles. The highest BCUT2D eigenvalue weighted by Crippen LogP contribution is 2.29. The fraction of sp³-hybridized carbons (Fsp3) is 0.435. The predicted molar refractivity (Wildman–Crippen MR) is 125 cm³/mol. The van der Waals surface area contributed by atoms with Crippen LogP contribution in [0.4, 0.5) is 10.5 Å². The van der Waals surface area contributed by atoms with Crippen LogP contribution in [0.3, 0.4) is 0 Å². The minimum absolute atomic E-state index is 0.0953. The van der Waals surface area contributed by atoms with Gasteiger partial charge in [-0.25, -0.2) is 9.78 Å². The molecule has 5 N–H and O–H groups in total. The third-order valence-electron chi connectivity index (χ3n) is 6.29. The Hall–Kier alpha value is -3.33. The van der Waals surface area contributed by atoms with Gasteiger partial charge in [0.15, 0.2) is 0 Å². The number of H-pyrrole nitrogens is 1. The smallest absolute Gasteiger partial charge is 0.315 e. The zero-order valence-corrected chi connectivity index (χ0v) is 18.0. The van der Waals surface area contributed by atoms with E-state index in [0.29, 0.717) is 18.8 Å². The van der Waals surface area contributed by atoms with Gasteiger partial charge in [0.1, 0.15) is 5.69 Å².